The molecule has 3 heterocycles. The Balaban J connectivity index is 1.59. The van der Waals surface area contributed by atoms with Crippen LogP contribution in [0.25, 0.3) is 10.1 Å². The number of carboxylic acid groups (broad SMARTS) is 1. The number of nitrogens with zero attached hydrogens (tertiary/aromatic N) is 3. The second kappa shape index (κ2) is 9.28. The Hall–Kier alpha value is -2.09. The van der Waals surface area contributed by atoms with Crippen molar-refractivity contribution in [2.45, 2.75) is 23.7 Å². The first-order valence-electron chi connectivity index (χ1n) is 9.77. The number of thiazole rings is 1. The van der Waals surface area contributed by atoms with Gasteiger partial charge >= 0.3 is 5.97 Å². The van der Waals surface area contributed by atoms with Crippen molar-refractivity contribution in [1.82, 2.24) is 14.2 Å². The van der Waals surface area contributed by atoms with Gasteiger partial charge in [-0.05, 0) is 30.5 Å². The maximum absolute atomic E-state index is 13.3. The Labute approximate surface area is 203 Å². The van der Waals surface area contributed by atoms with Crippen molar-refractivity contribution in [3.05, 3.63) is 44.9 Å². The third kappa shape index (κ3) is 4.77. The molecule has 2 aromatic heterocycles. The van der Waals surface area contributed by atoms with Crippen LogP contribution >= 0.6 is 34.3 Å². The number of piperazine rings is 1. The molecule has 0 unspecified atom stereocenters. The smallest absolute Gasteiger partial charge is 0.347 e. The Bertz CT molecular complexity index is 1340. The summed E-state index contributed by atoms with van der Waals surface area (Å²) in [6.45, 7) is 1.53. The van der Waals surface area contributed by atoms with Gasteiger partial charge in [0, 0.05) is 23.4 Å². The van der Waals surface area contributed by atoms with Crippen LogP contribution in [-0.2, 0) is 26.1 Å². The number of aromatic carboxylic acids is 1. The summed E-state index contributed by atoms with van der Waals surface area (Å²) >= 11 is 8.13. The van der Waals surface area contributed by atoms with E-state index in [4.69, 9.17) is 16.3 Å². The highest BCUT2D eigenvalue weighted by Gasteiger charge is 2.39. The predicted molar refractivity (Wildman–Crippen MR) is 126 cm³/mol. The molecule has 9 nitrogen and oxygen atoms in total. The lowest BCUT2D eigenvalue weighted by atomic mass is 10.2. The third-order valence-corrected chi connectivity index (χ3v) is 9.96. The Morgan fingerprint density at radius 1 is 1.33 bits per heavy atom. The van der Waals surface area contributed by atoms with E-state index in [1.54, 1.807) is 31.2 Å². The van der Waals surface area contributed by atoms with Crippen molar-refractivity contribution in [3.8, 4) is 0 Å². The molecule has 1 fully saturated rings. The molecule has 3 aromatic rings. The first-order valence-corrected chi connectivity index (χ1v) is 13.2. The largest absolute Gasteiger partial charge is 0.477 e. The zero-order chi connectivity index (χ0) is 23.9. The minimum atomic E-state index is -3.92. The van der Waals surface area contributed by atoms with Gasteiger partial charge in [0.2, 0.25) is 5.91 Å². The summed E-state index contributed by atoms with van der Waals surface area (Å²) in [5.74, 6) is -1.47. The first kappa shape index (κ1) is 24.0. The number of halogens is 1. The summed E-state index contributed by atoms with van der Waals surface area (Å²) in [7, 11) is -2.44. The average Bonchev–Trinajstić information content (AvgIpc) is 3.33. The topological polar surface area (TPSA) is 117 Å². The van der Waals surface area contributed by atoms with Gasteiger partial charge in [0.25, 0.3) is 10.0 Å². The van der Waals surface area contributed by atoms with Crippen LogP contribution in [0.5, 0.6) is 0 Å². The fraction of sp³-hybridized carbons (Fsp3) is 0.350. The summed E-state index contributed by atoms with van der Waals surface area (Å²) in [4.78, 5) is 30.2. The molecule has 13 heteroatoms. The molecule has 1 N–H and O–H groups in total. The van der Waals surface area contributed by atoms with Crippen molar-refractivity contribution < 1.29 is 27.9 Å². The average molecular weight is 530 g/mol. The molecule has 0 bridgehead atoms. The zero-order valence-electron chi connectivity index (χ0n) is 17.6. The quantitative estimate of drug-likeness (QED) is 0.499. The number of ether oxygens (including phenoxy) is 1. The number of methoxy groups -OCH3 is 1. The van der Waals surface area contributed by atoms with Gasteiger partial charge in [0.05, 0.1) is 31.4 Å². The lowest BCUT2D eigenvalue weighted by molar-refractivity contribution is -0.139. The Morgan fingerprint density at radius 3 is 2.76 bits per heavy atom. The number of carboxylic acids is 1. The van der Waals surface area contributed by atoms with Gasteiger partial charge in [-0.25, -0.2) is 18.2 Å². The maximum atomic E-state index is 13.3. The van der Waals surface area contributed by atoms with E-state index in [0.29, 0.717) is 15.7 Å². The molecule has 33 heavy (non-hydrogen) atoms. The van der Waals surface area contributed by atoms with E-state index in [1.165, 1.54) is 12.0 Å². The number of aromatic nitrogens is 1. The Morgan fingerprint density at radius 2 is 2.09 bits per heavy atom. The van der Waals surface area contributed by atoms with Crippen LogP contribution in [0.1, 0.15) is 20.4 Å². The molecule has 0 saturated carbocycles. The van der Waals surface area contributed by atoms with Crippen LogP contribution in [0.3, 0.4) is 0 Å². The van der Waals surface area contributed by atoms with Crippen LogP contribution in [0.2, 0.25) is 5.02 Å². The minimum absolute atomic E-state index is 0.0487. The highest BCUT2D eigenvalue weighted by molar-refractivity contribution is 7.91. The fourth-order valence-electron chi connectivity index (χ4n) is 3.68. The fourth-order valence-corrected chi connectivity index (χ4v) is 7.84. The van der Waals surface area contributed by atoms with E-state index >= 15 is 0 Å². The van der Waals surface area contributed by atoms with E-state index in [0.717, 1.165) is 37.1 Å². The minimum Gasteiger partial charge on any atom is -0.477 e. The van der Waals surface area contributed by atoms with E-state index in [2.05, 4.69) is 4.98 Å². The summed E-state index contributed by atoms with van der Waals surface area (Å²) in [6.07, 6.45) is 0. The monoisotopic (exact) mass is 529 g/mol. The molecule has 1 atom stereocenters. The molecule has 1 aliphatic heterocycles. The van der Waals surface area contributed by atoms with Crippen LogP contribution in [0.4, 0.5) is 0 Å². The second-order valence-corrected chi connectivity index (χ2v) is 12.3. The van der Waals surface area contributed by atoms with Crippen molar-refractivity contribution in [1.29, 1.82) is 0 Å². The number of sulfonamides is 1. The van der Waals surface area contributed by atoms with Gasteiger partial charge in [-0.1, -0.05) is 17.7 Å². The molecule has 1 aromatic carbocycles. The molecule has 1 saturated heterocycles. The first-order chi connectivity index (χ1) is 15.6. The van der Waals surface area contributed by atoms with E-state index < -0.39 is 27.9 Å². The Kier molecular flexibility index (Phi) is 6.76. The van der Waals surface area contributed by atoms with E-state index in [-0.39, 0.29) is 35.3 Å². The van der Waals surface area contributed by atoms with Crippen LogP contribution < -0.4 is 0 Å². The predicted octanol–water partition coefficient (Wildman–Crippen LogP) is 3.07. The van der Waals surface area contributed by atoms with E-state index in [9.17, 15) is 23.1 Å². The van der Waals surface area contributed by atoms with Gasteiger partial charge in [0.15, 0.2) is 0 Å². The van der Waals surface area contributed by atoms with Gasteiger partial charge < -0.3 is 14.7 Å². The number of hydrogen-bond acceptors (Lipinski definition) is 8. The molecule has 0 aliphatic carbocycles. The maximum Gasteiger partial charge on any atom is 0.347 e. The van der Waals surface area contributed by atoms with Crippen molar-refractivity contribution in [2.75, 3.05) is 26.8 Å². The van der Waals surface area contributed by atoms with Gasteiger partial charge in [-0.3, -0.25) is 4.79 Å². The highest BCUT2D eigenvalue weighted by atomic mass is 35.5. The molecule has 0 spiro atoms. The number of thiophene rings is 1. The number of aryl methyl sites for hydroxylation is 1. The lowest BCUT2D eigenvalue weighted by Gasteiger charge is -2.39. The summed E-state index contributed by atoms with van der Waals surface area (Å²) < 4.78 is 34.0. The number of benzene rings is 1. The van der Waals surface area contributed by atoms with Crippen LogP contribution in [-0.4, -0.2) is 72.4 Å². The van der Waals surface area contributed by atoms with Crippen molar-refractivity contribution in [3.63, 3.8) is 0 Å². The van der Waals surface area contributed by atoms with Crippen molar-refractivity contribution in [2.24, 2.45) is 0 Å². The number of hydrogen-bond donors (Lipinski definition) is 1. The lowest BCUT2D eigenvalue weighted by Crippen LogP contribution is -2.58. The highest BCUT2D eigenvalue weighted by Crippen LogP contribution is 2.34. The number of fused-ring (bicyclic) bond motifs is 1. The molecular weight excluding hydrogens is 510 g/mol. The summed E-state index contributed by atoms with van der Waals surface area (Å²) in [6, 6.07) is 6.19. The molecule has 176 valence electrons. The van der Waals surface area contributed by atoms with Crippen LogP contribution in [0.15, 0.2) is 28.5 Å². The molecule has 0 radical (unpaired) electrons. The SMILES string of the molecule is COC[C@H]1CN(S(=O)(=O)c2cc3ccc(Cl)cc3s2)CC(=O)N1Cc1nc(C)c(C(=O)O)s1. The summed E-state index contributed by atoms with van der Waals surface area (Å²) in [5, 5.41) is 11.0. The molecule has 4 rings (SSSR count). The number of amides is 1. The standard InChI is InChI=1S/C20H20ClN3O6S3/c1-11-19(20(26)27)32-16(22-11)8-24-14(10-30-2)7-23(9-17(24)25)33(28,29)18-5-12-3-4-13(21)6-15(12)31-18/h3-6,14H,7-10H2,1-2H3,(H,26,27)/t14-/m1/s1. The summed E-state index contributed by atoms with van der Waals surface area (Å²) in [5.41, 5.74) is 0.379. The van der Waals surface area contributed by atoms with Crippen LogP contribution in [0, 0.1) is 6.92 Å². The van der Waals surface area contributed by atoms with Crippen molar-refractivity contribution >= 4 is 66.3 Å². The molecule has 1 amide bonds. The second-order valence-electron chi connectivity index (χ2n) is 7.50. The number of carbonyl (C=O) groups is 2. The van der Waals surface area contributed by atoms with Gasteiger partial charge in [-0.15, -0.1) is 22.7 Å². The third-order valence-electron chi connectivity index (χ3n) is 5.24. The van der Waals surface area contributed by atoms with Gasteiger partial charge in [-0.2, -0.15) is 4.31 Å². The molecule has 1 aliphatic rings. The van der Waals surface area contributed by atoms with Gasteiger partial charge in [0.1, 0.15) is 14.1 Å². The number of carbonyl (C=O) groups excluding carboxylic acids is 1. The zero-order valence-corrected chi connectivity index (χ0v) is 20.9. The molecular formula is C20H20ClN3O6S3. The number of rotatable bonds is 7. The normalized spacial score (nSPS) is 17.7. The van der Waals surface area contributed by atoms with E-state index in [1.807, 2.05) is 0 Å².